The first-order valence-electron chi connectivity index (χ1n) is 8.96. The van der Waals surface area contributed by atoms with E-state index in [4.69, 9.17) is 11.6 Å². The van der Waals surface area contributed by atoms with Gasteiger partial charge in [0.2, 0.25) is 0 Å². The van der Waals surface area contributed by atoms with E-state index in [1.54, 1.807) is 18.2 Å². The third-order valence-electron chi connectivity index (χ3n) is 4.27. The molecule has 0 radical (unpaired) electrons. The van der Waals surface area contributed by atoms with E-state index >= 15 is 0 Å². The Kier molecular flexibility index (Phi) is 9.89. The lowest BCUT2D eigenvalue weighted by Gasteiger charge is -2.06. The molecule has 0 saturated carbocycles. The van der Waals surface area contributed by atoms with Gasteiger partial charge < -0.3 is 0 Å². The summed E-state index contributed by atoms with van der Waals surface area (Å²) in [6, 6.07) is 5.00. The van der Waals surface area contributed by atoms with Crippen LogP contribution in [0.3, 0.4) is 0 Å². The molecule has 0 amide bonds. The van der Waals surface area contributed by atoms with Gasteiger partial charge in [-0.15, -0.1) is 0 Å². The van der Waals surface area contributed by atoms with Crippen LogP contribution in [-0.2, 0) is 9.84 Å². The molecule has 0 unspecified atom stereocenters. The third kappa shape index (κ3) is 8.21. The average Bonchev–Trinajstić information content (AvgIpc) is 2.51. The molecular formula is C19H31ClO2S. The van der Waals surface area contributed by atoms with Crippen LogP contribution in [0.2, 0.25) is 5.02 Å². The van der Waals surface area contributed by atoms with E-state index in [-0.39, 0.29) is 5.75 Å². The van der Waals surface area contributed by atoms with Crippen LogP contribution in [0, 0.1) is 6.92 Å². The Labute approximate surface area is 147 Å². The largest absolute Gasteiger partial charge is 0.224 e. The zero-order valence-electron chi connectivity index (χ0n) is 14.6. The standard InChI is InChI=1S/C19H31ClO2S/c1-3-4-5-6-7-8-9-10-11-12-15-23(21,22)18-14-13-17(2)19(20)16-18/h13-14,16H,3-12,15H2,1-2H3. The van der Waals surface area contributed by atoms with Gasteiger partial charge >= 0.3 is 0 Å². The summed E-state index contributed by atoms with van der Waals surface area (Å²) in [5, 5.41) is 0.522. The molecule has 0 bridgehead atoms. The number of hydrogen-bond donors (Lipinski definition) is 0. The molecule has 132 valence electrons. The van der Waals surface area contributed by atoms with E-state index in [2.05, 4.69) is 6.92 Å². The minimum atomic E-state index is -3.19. The molecule has 1 aromatic rings. The lowest BCUT2D eigenvalue weighted by atomic mass is 10.1. The Morgan fingerprint density at radius 3 is 1.91 bits per heavy atom. The maximum Gasteiger partial charge on any atom is 0.178 e. The van der Waals surface area contributed by atoms with E-state index in [0.29, 0.717) is 9.92 Å². The van der Waals surface area contributed by atoms with Gasteiger partial charge in [-0.25, -0.2) is 8.42 Å². The van der Waals surface area contributed by atoms with E-state index in [1.807, 2.05) is 6.92 Å². The molecule has 0 aliphatic rings. The summed E-state index contributed by atoms with van der Waals surface area (Å²) in [6.45, 7) is 4.11. The summed E-state index contributed by atoms with van der Waals surface area (Å²) in [7, 11) is -3.19. The van der Waals surface area contributed by atoms with Gasteiger partial charge in [-0.2, -0.15) is 0 Å². The molecule has 0 aliphatic carbocycles. The van der Waals surface area contributed by atoms with Crippen molar-refractivity contribution in [2.24, 2.45) is 0 Å². The quantitative estimate of drug-likeness (QED) is 0.408. The van der Waals surface area contributed by atoms with Crippen LogP contribution in [0.5, 0.6) is 0 Å². The number of rotatable bonds is 12. The van der Waals surface area contributed by atoms with Crippen molar-refractivity contribution < 1.29 is 8.42 Å². The van der Waals surface area contributed by atoms with Crippen LogP contribution >= 0.6 is 11.6 Å². The maximum atomic E-state index is 12.3. The van der Waals surface area contributed by atoms with Gasteiger partial charge in [0.15, 0.2) is 9.84 Å². The first-order valence-corrected chi connectivity index (χ1v) is 11.0. The Balaban J connectivity index is 2.18. The van der Waals surface area contributed by atoms with Crippen molar-refractivity contribution in [1.82, 2.24) is 0 Å². The van der Waals surface area contributed by atoms with Crippen molar-refractivity contribution in [2.45, 2.75) is 83.0 Å². The number of benzene rings is 1. The van der Waals surface area contributed by atoms with Gasteiger partial charge in [0.05, 0.1) is 10.6 Å². The summed E-state index contributed by atoms with van der Waals surface area (Å²) in [4.78, 5) is 0.351. The van der Waals surface area contributed by atoms with Gasteiger partial charge in [-0.3, -0.25) is 0 Å². The van der Waals surface area contributed by atoms with E-state index in [1.165, 1.54) is 44.9 Å². The molecular weight excluding hydrogens is 328 g/mol. The number of hydrogen-bond acceptors (Lipinski definition) is 2. The van der Waals surface area contributed by atoms with Crippen molar-refractivity contribution >= 4 is 21.4 Å². The smallest absolute Gasteiger partial charge is 0.178 e. The van der Waals surface area contributed by atoms with Crippen molar-refractivity contribution in [2.75, 3.05) is 5.75 Å². The summed E-state index contributed by atoms with van der Waals surface area (Å²) < 4.78 is 24.5. The highest BCUT2D eigenvalue weighted by atomic mass is 35.5. The lowest BCUT2D eigenvalue weighted by Crippen LogP contribution is -2.07. The summed E-state index contributed by atoms with van der Waals surface area (Å²) in [6.07, 6.45) is 12.0. The molecule has 0 aromatic heterocycles. The second-order valence-corrected chi connectivity index (χ2v) is 8.93. The van der Waals surface area contributed by atoms with Crippen LogP contribution in [0.4, 0.5) is 0 Å². The highest BCUT2D eigenvalue weighted by molar-refractivity contribution is 7.91. The molecule has 0 aliphatic heterocycles. The van der Waals surface area contributed by atoms with Crippen LogP contribution in [0.1, 0.15) is 76.7 Å². The van der Waals surface area contributed by atoms with E-state index in [0.717, 1.165) is 24.8 Å². The average molecular weight is 359 g/mol. The monoisotopic (exact) mass is 358 g/mol. The summed E-state index contributed by atoms with van der Waals surface area (Å²) in [5.74, 6) is 0.225. The second-order valence-electron chi connectivity index (χ2n) is 6.41. The molecule has 1 aromatic carbocycles. The minimum absolute atomic E-state index is 0.225. The molecule has 1 rings (SSSR count). The highest BCUT2D eigenvalue weighted by Crippen LogP contribution is 2.21. The molecule has 23 heavy (non-hydrogen) atoms. The lowest BCUT2D eigenvalue weighted by molar-refractivity contribution is 0.558. The van der Waals surface area contributed by atoms with Crippen LogP contribution in [-0.4, -0.2) is 14.2 Å². The molecule has 4 heteroatoms. The third-order valence-corrected chi connectivity index (χ3v) is 6.47. The highest BCUT2D eigenvalue weighted by Gasteiger charge is 2.14. The molecule has 0 spiro atoms. The number of sulfone groups is 1. The van der Waals surface area contributed by atoms with Crippen LogP contribution < -0.4 is 0 Å². The van der Waals surface area contributed by atoms with Gasteiger partial charge in [0.25, 0.3) is 0 Å². The van der Waals surface area contributed by atoms with Crippen LogP contribution in [0.25, 0.3) is 0 Å². The Morgan fingerprint density at radius 1 is 0.870 bits per heavy atom. The number of unbranched alkanes of at least 4 members (excludes halogenated alkanes) is 9. The van der Waals surface area contributed by atoms with Crippen LogP contribution in [0.15, 0.2) is 23.1 Å². The van der Waals surface area contributed by atoms with Gasteiger partial charge in [-0.05, 0) is 31.0 Å². The fourth-order valence-electron chi connectivity index (χ4n) is 2.66. The molecule has 0 heterocycles. The zero-order valence-corrected chi connectivity index (χ0v) is 16.2. The molecule has 0 atom stereocenters. The topological polar surface area (TPSA) is 34.1 Å². The van der Waals surface area contributed by atoms with Crippen molar-refractivity contribution in [3.05, 3.63) is 28.8 Å². The van der Waals surface area contributed by atoms with Crippen molar-refractivity contribution in [1.29, 1.82) is 0 Å². The van der Waals surface area contributed by atoms with E-state index in [9.17, 15) is 8.42 Å². The summed E-state index contributed by atoms with van der Waals surface area (Å²) >= 11 is 6.02. The summed E-state index contributed by atoms with van der Waals surface area (Å²) in [5.41, 5.74) is 0.907. The minimum Gasteiger partial charge on any atom is -0.224 e. The number of halogens is 1. The Bertz CT molecular complexity index is 552. The fraction of sp³-hybridized carbons (Fsp3) is 0.684. The SMILES string of the molecule is CCCCCCCCCCCCS(=O)(=O)c1ccc(C)c(Cl)c1. The zero-order chi connectivity index (χ0) is 17.1. The second kappa shape index (κ2) is 11.1. The molecule has 2 nitrogen and oxygen atoms in total. The Hall–Kier alpha value is -0.540. The fourth-order valence-corrected chi connectivity index (χ4v) is 4.30. The normalized spacial score (nSPS) is 11.8. The predicted molar refractivity (Wildman–Crippen MR) is 100 cm³/mol. The van der Waals surface area contributed by atoms with Crippen molar-refractivity contribution in [3.63, 3.8) is 0 Å². The van der Waals surface area contributed by atoms with Gasteiger partial charge in [0, 0.05) is 5.02 Å². The van der Waals surface area contributed by atoms with Crippen molar-refractivity contribution in [3.8, 4) is 0 Å². The Morgan fingerprint density at radius 2 is 1.39 bits per heavy atom. The molecule has 0 saturated heterocycles. The first kappa shape index (κ1) is 20.5. The molecule has 0 fully saturated rings. The van der Waals surface area contributed by atoms with Gasteiger partial charge in [0.1, 0.15) is 0 Å². The maximum absolute atomic E-state index is 12.3. The predicted octanol–water partition coefficient (Wildman–Crippen LogP) is 6.34. The molecule has 0 N–H and O–H groups in total. The number of aryl methyl sites for hydroxylation is 1. The van der Waals surface area contributed by atoms with E-state index < -0.39 is 9.84 Å². The van der Waals surface area contributed by atoms with Gasteiger partial charge in [-0.1, -0.05) is 82.4 Å². The first-order chi connectivity index (χ1) is 11.0.